The number of hydrogen-bond donors (Lipinski definition) is 0. The molecule has 0 atom stereocenters. The largest absolute Gasteiger partial charge is 0.456 e. The van der Waals surface area contributed by atoms with Crippen LogP contribution in [-0.2, 0) is 0 Å². The van der Waals surface area contributed by atoms with Crippen LogP contribution in [0.2, 0.25) is 0 Å². The predicted molar refractivity (Wildman–Crippen MR) is 178 cm³/mol. The highest BCUT2D eigenvalue weighted by Crippen LogP contribution is 2.41. The van der Waals surface area contributed by atoms with Crippen LogP contribution in [-0.4, -0.2) is 9.97 Å². The van der Waals surface area contributed by atoms with Crippen LogP contribution in [0, 0.1) is 0 Å². The van der Waals surface area contributed by atoms with E-state index in [2.05, 4.69) is 78.9 Å². The molecule has 0 N–H and O–H groups in total. The molecule has 0 radical (unpaired) electrons. The van der Waals surface area contributed by atoms with Gasteiger partial charge in [-0.15, -0.1) is 0 Å². The van der Waals surface area contributed by atoms with Gasteiger partial charge in [-0.2, -0.15) is 0 Å². The number of para-hydroxylation sites is 1. The van der Waals surface area contributed by atoms with Crippen molar-refractivity contribution in [3.05, 3.63) is 146 Å². The molecule has 0 aliphatic carbocycles. The van der Waals surface area contributed by atoms with Crippen molar-refractivity contribution in [1.29, 1.82) is 0 Å². The van der Waals surface area contributed by atoms with Crippen LogP contribution in [0.1, 0.15) is 0 Å². The molecule has 3 heterocycles. The van der Waals surface area contributed by atoms with Gasteiger partial charge in [0.1, 0.15) is 22.3 Å². The molecule has 0 unspecified atom stereocenters. The number of hydrogen-bond acceptors (Lipinski definition) is 4. The first-order valence-electron chi connectivity index (χ1n) is 14.7. The summed E-state index contributed by atoms with van der Waals surface area (Å²) in [5.74, 6) is 0.695. The molecule has 0 amide bonds. The van der Waals surface area contributed by atoms with Crippen molar-refractivity contribution in [2.45, 2.75) is 0 Å². The van der Waals surface area contributed by atoms with E-state index >= 15 is 0 Å². The normalized spacial score (nSPS) is 11.6. The first-order valence-corrected chi connectivity index (χ1v) is 14.7. The monoisotopic (exact) mass is 564 g/mol. The van der Waals surface area contributed by atoms with Gasteiger partial charge in [-0.1, -0.05) is 109 Å². The van der Waals surface area contributed by atoms with E-state index in [4.69, 9.17) is 18.8 Å². The van der Waals surface area contributed by atoms with Gasteiger partial charge in [-0.05, 0) is 47.5 Å². The summed E-state index contributed by atoms with van der Waals surface area (Å²) in [7, 11) is 0. The fourth-order valence-corrected chi connectivity index (χ4v) is 6.16. The predicted octanol–water partition coefficient (Wildman–Crippen LogP) is 10.9. The average Bonchev–Trinajstić information content (AvgIpc) is 3.66. The van der Waals surface area contributed by atoms with E-state index in [1.165, 1.54) is 0 Å². The second-order valence-electron chi connectivity index (χ2n) is 11.0. The van der Waals surface area contributed by atoms with Crippen molar-refractivity contribution in [3.63, 3.8) is 0 Å². The lowest BCUT2D eigenvalue weighted by atomic mass is 10.0. The molecule has 206 valence electrons. The van der Waals surface area contributed by atoms with Gasteiger partial charge < -0.3 is 8.83 Å². The Kier molecular flexibility index (Phi) is 5.47. The van der Waals surface area contributed by atoms with Crippen molar-refractivity contribution in [2.24, 2.45) is 0 Å². The molecule has 0 aliphatic heterocycles. The summed E-state index contributed by atoms with van der Waals surface area (Å²) in [6, 6.07) is 49.6. The fraction of sp³-hybridized carbons (Fsp3) is 0. The summed E-state index contributed by atoms with van der Waals surface area (Å²) in [6.45, 7) is 0. The van der Waals surface area contributed by atoms with Crippen LogP contribution < -0.4 is 0 Å². The van der Waals surface area contributed by atoms with Gasteiger partial charge >= 0.3 is 0 Å². The Balaban J connectivity index is 1.12. The second kappa shape index (κ2) is 9.79. The lowest BCUT2D eigenvalue weighted by molar-refractivity contribution is 0.663. The Bertz CT molecular complexity index is 2420. The second-order valence-corrected chi connectivity index (χ2v) is 11.0. The number of nitrogens with zero attached hydrogens (tertiary/aromatic N) is 2. The zero-order valence-electron chi connectivity index (χ0n) is 23.6. The molecule has 0 saturated heterocycles. The van der Waals surface area contributed by atoms with Crippen LogP contribution in [0.15, 0.2) is 154 Å². The van der Waals surface area contributed by atoms with Crippen LogP contribution in [0.25, 0.3) is 88.9 Å². The molecule has 0 saturated carbocycles. The molecular weight excluding hydrogens is 540 g/mol. The maximum atomic E-state index is 6.38. The van der Waals surface area contributed by atoms with Crippen molar-refractivity contribution < 1.29 is 8.83 Å². The molecule has 6 aromatic carbocycles. The van der Waals surface area contributed by atoms with Crippen molar-refractivity contribution in [2.75, 3.05) is 0 Å². The van der Waals surface area contributed by atoms with E-state index in [0.29, 0.717) is 5.82 Å². The van der Waals surface area contributed by atoms with Crippen molar-refractivity contribution in [3.8, 4) is 45.0 Å². The molecule has 3 aromatic heterocycles. The summed E-state index contributed by atoms with van der Waals surface area (Å²) in [5, 5.41) is 4.37. The first kappa shape index (κ1) is 24.6. The molecule has 4 nitrogen and oxygen atoms in total. The molecular formula is C40H24N2O2. The highest BCUT2D eigenvalue weighted by Gasteiger charge is 2.17. The Hall–Kier alpha value is -6.00. The molecule has 9 rings (SSSR count). The minimum absolute atomic E-state index is 0.695. The van der Waals surface area contributed by atoms with E-state index in [0.717, 1.165) is 83.1 Å². The smallest absolute Gasteiger partial charge is 0.160 e. The lowest BCUT2D eigenvalue weighted by Crippen LogP contribution is -1.95. The summed E-state index contributed by atoms with van der Waals surface area (Å²) in [6.07, 6.45) is 0. The maximum Gasteiger partial charge on any atom is 0.160 e. The third-order valence-electron chi connectivity index (χ3n) is 8.32. The van der Waals surface area contributed by atoms with Crippen LogP contribution in [0.5, 0.6) is 0 Å². The van der Waals surface area contributed by atoms with Gasteiger partial charge in [0.2, 0.25) is 0 Å². The van der Waals surface area contributed by atoms with Crippen molar-refractivity contribution in [1.82, 2.24) is 9.97 Å². The molecule has 0 fully saturated rings. The van der Waals surface area contributed by atoms with E-state index in [9.17, 15) is 0 Å². The first-order chi connectivity index (χ1) is 21.8. The van der Waals surface area contributed by atoms with Crippen molar-refractivity contribution >= 4 is 43.9 Å². The maximum absolute atomic E-state index is 6.38. The molecule has 44 heavy (non-hydrogen) atoms. The molecule has 9 aromatic rings. The van der Waals surface area contributed by atoms with Gasteiger partial charge in [-0.3, -0.25) is 0 Å². The highest BCUT2D eigenvalue weighted by atomic mass is 16.3. The Morgan fingerprint density at radius 3 is 1.52 bits per heavy atom. The summed E-state index contributed by atoms with van der Waals surface area (Å²) in [4.78, 5) is 9.95. The van der Waals surface area contributed by atoms with Gasteiger partial charge in [-0.25, -0.2) is 9.97 Å². The van der Waals surface area contributed by atoms with E-state index in [-0.39, 0.29) is 0 Å². The minimum atomic E-state index is 0.695. The zero-order valence-corrected chi connectivity index (χ0v) is 23.6. The standard InChI is InChI=1S/C40H24N2O2/c1-3-9-26(10-4-1)32-24-33(27-11-5-2-6-12-27)42-40(41-32)28-17-15-25(16-18-28)29-19-20-31-37(23-29)44-36-22-21-35-38(39(31)36)30-13-7-8-14-34(30)43-35/h1-24H. The number of aromatic nitrogens is 2. The minimum Gasteiger partial charge on any atom is -0.456 e. The summed E-state index contributed by atoms with van der Waals surface area (Å²) < 4.78 is 12.5. The van der Waals surface area contributed by atoms with Crippen LogP contribution in [0.4, 0.5) is 0 Å². The van der Waals surface area contributed by atoms with Gasteiger partial charge in [0.25, 0.3) is 0 Å². The van der Waals surface area contributed by atoms with Crippen LogP contribution >= 0.6 is 0 Å². The van der Waals surface area contributed by atoms with E-state index in [1.807, 2.05) is 66.7 Å². The van der Waals surface area contributed by atoms with E-state index < -0.39 is 0 Å². The van der Waals surface area contributed by atoms with Gasteiger partial charge in [0.05, 0.1) is 11.4 Å². The zero-order chi connectivity index (χ0) is 29.0. The van der Waals surface area contributed by atoms with Crippen LogP contribution in [0.3, 0.4) is 0 Å². The summed E-state index contributed by atoms with van der Waals surface area (Å²) >= 11 is 0. The lowest BCUT2D eigenvalue weighted by Gasteiger charge is -2.10. The number of furan rings is 2. The SMILES string of the molecule is c1ccc(-c2cc(-c3ccccc3)nc(-c3ccc(-c4ccc5c(c4)oc4ccc6oc7ccccc7c6c45)cc3)n2)cc1. The van der Waals surface area contributed by atoms with Gasteiger partial charge in [0, 0.05) is 38.2 Å². The number of rotatable bonds is 4. The average molecular weight is 565 g/mol. The Morgan fingerprint density at radius 2 is 0.864 bits per heavy atom. The molecule has 0 bridgehead atoms. The molecule has 0 aliphatic rings. The third-order valence-corrected chi connectivity index (χ3v) is 8.32. The Morgan fingerprint density at radius 1 is 0.341 bits per heavy atom. The topological polar surface area (TPSA) is 52.1 Å². The third kappa shape index (κ3) is 4.00. The molecule has 0 spiro atoms. The van der Waals surface area contributed by atoms with E-state index in [1.54, 1.807) is 0 Å². The summed E-state index contributed by atoms with van der Waals surface area (Å²) in [5.41, 5.74) is 10.5. The quantitative estimate of drug-likeness (QED) is 0.213. The number of fused-ring (bicyclic) bond motifs is 7. The van der Waals surface area contributed by atoms with Gasteiger partial charge in [0.15, 0.2) is 5.82 Å². The molecule has 4 heteroatoms. The number of benzene rings is 6. The Labute approximate surface area is 252 Å². The fourth-order valence-electron chi connectivity index (χ4n) is 6.16. The highest BCUT2D eigenvalue weighted by molar-refractivity contribution is 6.25.